The van der Waals surface area contributed by atoms with Crippen molar-refractivity contribution in [3.63, 3.8) is 0 Å². The summed E-state index contributed by atoms with van der Waals surface area (Å²) >= 11 is 5.83. The molecule has 1 atom stereocenters. The van der Waals surface area contributed by atoms with Gasteiger partial charge in [0, 0.05) is 28.6 Å². The summed E-state index contributed by atoms with van der Waals surface area (Å²) in [5.74, 6) is 3.97. The minimum atomic E-state index is -5.18. The lowest BCUT2D eigenvalue weighted by Crippen LogP contribution is -2.42. The van der Waals surface area contributed by atoms with Crippen LogP contribution in [-0.4, -0.2) is 22.3 Å². The Bertz CT molecular complexity index is 1070. The number of carbonyl (C=O) groups excluding carboxylic acids is 1. The fourth-order valence-corrected chi connectivity index (χ4v) is 2.70. The summed E-state index contributed by atoms with van der Waals surface area (Å²) in [6, 6.07) is 7.62. The van der Waals surface area contributed by atoms with Crippen LogP contribution < -0.4 is 10.1 Å². The van der Waals surface area contributed by atoms with Crippen molar-refractivity contribution in [1.82, 2.24) is 0 Å². The van der Waals surface area contributed by atoms with Gasteiger partial charge in [-0.1, -0.05) is 23.4 Å². The average Bonchev–Trinajstić information content (AvgIpc) is 3.51. The van der Waals surface area contributed by atoms with Gasteiger partial charge >= 0.3 is 12.3 Å². The number of aliphatic hydroxyl groups is 1. The number of non-ortho nitro benzene ring substituents is 1. The van der Waals surface area contributed by atoms with Gasteiger partial charge in [-0.2, -0.15) is 13.2 Å². The molecule has 0 aromatic heterocycles. The number of carbonyl (C=O) groups is 1. The molecule has 1 aliphatic rings. The van der Waals surface area contributed by atoms with Gasteiger partial charge in [-0.3, -0.25) is 15.4 Å². The van der Waals surface area contributed by atoms with Gasteiger partial charge in [0.05, 0.1) is 10.6 Å². The monoisotopic (exact) mass is 454 g/mol. The number of amides is 1. The van der Waals surface area contributed by atoms with Crippen molar-refractivity contribution >= 4 is 29.1 Å². The zero-order valence-electron chi connectivity index (χ0n) is 15.6. The Morgan fingerprint density at radius 2 is 1.87 bits per heavy atom. The number of benzene rings is 2. The SMILES string of the molecule is O=C(Nc1ccc(Cl)cc1C(O)(C#CC1CC1)C(F)(F)F)Oc1ccc([N+](=O)[O-])cc1. The average molecular weight is 455 g/mol. The molecule has 0 heterocycles. The second-order valence-corrected chi connectivity index (χ2v) is 7.14. The quantitative estimate of drug-likeness (QED) is 0.383. The van der Waals surface area contributed by atoms with Crippen LogP contribution in [0.3, 0.4) is 0 Å². The Labute approximate surface area is 178 Å². The van der Waals surface area contributed by atoms with Gasteiger partial charge in [-0.15, -0.1) is 0 Å². The number of nitro groups is 1. The van der Waals surface area contributed by atoms with Crippen molar-refractivity contribution in [3.05, 3.63) is 63.2 Å². The first kappa shape index (κ1) is 22.4. The van der Waals surface area contributed by atoms with Crippen molar-refractivity contribution < 1.29 is 32.7 Å². The summed E-state index contributed by atoms with van der Waals surface area (Å²) in [5, 5.41) is 23.1. The van der Waals surface area contributed by atoms with Gasteiger partial charge in [0.25, 0.3) is 5.69 Å². The van der Waals surface area contributed by atoms with E-state index in [1.807, 2.05) is 5.92 Å². The van der Waals surface area contributed by atoms with E-state index in [4.69, 9.17) is 16.3 Å². The molecule has 7 nitrogen and oxygen atoms in total. The number of rotatable bonds is 4. The molecule has 0 aliphatic heterocycles. The topological polar surface area (TPSA) is 102 Å². The summed E-state index contributed by atoms with van der Waals surface area (Å²) < 4.78 is 46.2. The number of anilines is 1. The Hall–Kier alpha value is -3.29. The van der Waals surface area contributed by atoms with E-state index in [1.54, 1.807) is 0 Å². The van der Waals surface area contributed by atoms with Crippen LogP contribution in [-0.2, 0) is 5.60 Å². The fourth-order valence-electron chi connectivity index (χ4n) is 2.53. The number of nitrogens with one attached hydrogen (secondary N) is 1. The predicted octanol–water partition coefficient (Wildman–Crippen LogP) is 5.02. The molecule has 1 unspecified atom stereocenters. The Balaban J connectivity index is 1.89. The van der Waals surface area contributed by atoms with Gasteiger partial charge in [0.2, 0.25) is 5.60 Å². The van der Waals surface area contributed by atoms with Gasteiger partial charge in [0.15, 0.2) is 0 Å². The molecule has 11 heteroatoms. The first-order valence-electron chi connectivity index (χ1n) is 8.85. The second-order valence-electron chi connectivity index (χ2n) is 6.71. The number of alkyl halides is 3. The first-order chi connectivity index (χ1) is 14.5. The van der Waals surface area contributed by atoms with Crippen LogP contribution in [0.15, 0.2) is 42.5 Å². The maximum atomic E-state index is 13.8. The Morgan fingerprint density at radius 1 is 1.23 bits per heavy atom. The zero-order chi connectivity index (χ0) is 22.8. The lowest BCUT2D eigenvalue weighted by molar-refractivity contribution is -0.384. The highest BCUT2D eigenvalue weighted by molar-refractivity contribution is 6.30. The highest BCUT2D eigenvalue weighted by atomic mass is 35.5. The fraction of sp³-hybridized carbons (Fsp3) is 0.250. The molecule has 0 radical (unpaired) electrons. The van der Waals surface area contributed by atoms with Gasteiger partial charge in [0.1, 0.15) is 5.75 Å². The molecule has 0 saturated heterocycles. The van der Waals surface area contributed by atoms with Crippen molar-refractivity contribution in [2.45, 2.75) is 24.6 Å². The third-order valence-electron chi connectivity index (χ3n) is 4.31. The predicted molar refractivity (Wildman–Crippen MR) is 105 cm³/mol. The van der Waals surface area contributed by atoms with Crippen LogP contribution in [0, 0.1) is 27.9 Å². The van der Waals surface area contributed by atoms with Crippen molar-refractivity contribution in [2.75, 3.05) is 5.32 Å². The molecular formula is C20H14ClF3N2O5. The Kier molecular flexibility index (Phi) is 6.10. The van der Waals surface area contributed by atoms with Crippen LogP contribution >= 0.6 is 11.6 Å². The standard InChI is InChI=1S/C20H14ClF3N2O5/c21-13-3-8-17(25-18(27)31-15-6-4-14(5-7-15)26(29)30)16(11-13)19(28,20(22,23)24)10-9-12-1-2-12/h3-8,11-12,28H,1-2H2,(H,25,27). The molecule has 31 heavy (non-hydrogen) atoms. The normalized spacial score (nSPS) is 15.3. The molecule has 0 bridgehead atoms. The summed E-state index contributed by atoms with van der Waals surface area (Å²) in [6.45, 7) is 0. The van der Waals surface area contributed by atoms with Crippen molar-refractivity contribution in [3.8, 4) is 17.6 Å². The van der Waals surface area contributed by atoms with E-state index in [1.165, 1.54) is 6.07 Å². The molecule has 3 rings (SSSR count). The first-order valence-corrected chi connectivity index (χ1v) is 9.22. The largest absolute Gasteiger partial charge is 0.433 e. The Morgan fingerprint density at radius 3 is 2.42 bits per heavy atom. The third kappa shape index (κ3) is 5.25. The summed E-state index contributed by atoms with van der Waals surface area (Å²) in [4.78, 5) is 22.2. The third-order valence-corrected chi connectivity index (χ3v) is 4.55. The zero-order valence-corrected chi connectivity index (χ0v) is 16.3. The van der Waals surface area contributed by atoms with Crippen LogP contribution in [0.25, 0.3) is 0 Å². The summed E-state index contributed by atoms with van der Waals surface area (Å²) in [7, 11) is 0. The van der Waals surface area contributed by atoms with Crippen LogP contribution in [0.5, 0.6) is 5.75 Å². The van der Waals surface area contributed by atoms with E-state index in [9.17, 15) is 33.2 Å². The number of hydrogen-bond acceptors (Lipinski definition) is 5. The lowest BCUT2D eigenvalue weighted by Gasteiger charge is -2.28. The summed E-state index contributed by atoms with van der Waals surface area (Å²) in [6.07, 6.45) is -5.08. The number of ether oxygens (including phenoxy) is 1. The summed E-state index contributed by atoms with van der Waals surface area (Å²) in [5.41, 5.74) is -4.99. The molecule has 162 valence electrons. The van der Waals surface area contributed by atoms with Crippen LogP contribution in [0.2, 0.25) is 5.02 Å². The van der Waals surface area contributed by atoms with Crippen molar-refractivity contribution in [2.24, 2.45) is 5.92 Å². The number of nitrogens with zero attached hydrogens (tertiary/aromatic N) is 1. The molecular weight excluding hydrogens is 441 g/mol. The molecule has 1 aliphatic carbocycles. The second kappa shape index (κ2) is 8.45. The van der Waals surface area contributed by atoms with E-state index in [0.717, 1.165) is 36.4 Å². The lowest BCUT2D eigenvalue weighted by atomic mass is 9.91. The molecule has 1 amide bonds. The van der Waals surface area contributed by atoms with E-state index in [2.05, 4.69) is 11.2 Å². The number of nitro benzene ring substituents is 1. The van der Waals surface area contributed by atoms with Crippen LogP contribution in [0.4, 0.5) is 29.3 Å². The van der Waals surface area contributed by atoms with E-state index >= 15 is 0 Å². The van der Waals surface area contributed by atoms with E-state index in [0.29, 0.717) is 12.8 Å². The number of hydrogen-bond donors (Lipinski definition) is 2. The minimum absolute atomic E-state index is 0.0850. The molecule has 2 aromatic carbocycles. The minimum Gasteiger partial charge on any atom is -0.410 e. The van der Waals surface area contributed by atoms with E-state index in [-0.39, 0.29) is 22.4 Å². The molecule has 2 aromatic rings. The highest BCUT2D eigenvalue weighted by Crippen LogP contribution is 2.43. The molecule has 1 saturated carbocycles. The van der Waals surface area contributed by atoms with Gasteiger partial charge in [-0.25, -0.2) is 4.79 Å². The molecule has 0 spiro atoms. The molecule has 1 fully saturated rings. The maximum Gasteiger partial charge on any atom is 0.433 e. The van der Waals surface area contributed by atoms with Crippen molar-refractivity contribution in [1.29, 1.82) is 0 Å². The smallest absolute Gasteiger partial charge is 0.410 e. The number of halogens is 4. The highest BCUT2D eigenvalue weighted by Gasteiger charge is 2.55. The van der Waals surface area contributed by atoms with Gasteiger partial charge < -0.3 is 9.84 Å². The van der Waals surface area contributed by atoms with E-state index < -0.39 is 34.0 Å². The molecule has 2 N–H and O–H groups in total. The van der Waals surface area contributed by atoms with Crippen LogP contribution in [0.1, 0.15) is 18.4 Å². The maximum absolute atomic E-state index is 13.8. The van der Waals surface area contributed by atoms with Gasteiger partial charge in [-0.05, 0) is 43.2 Å².